The van der Waals surface area contributed by atoms with Gasteiger partial charge in [-0.25, -0.2) is 4.39 Å². The zero-order chi connectivity index (χ0) is 14.3. The average molecular weight is 286 g/mol. The van der Waals surface area contributed by atoms with Crippen LogP contribution in [-0.4, -0.2) is 37.8 Å². The van der Waals surface area contributed by atoms with Crippen LogP contribution in [-0.2, 0) is 14.3 Å². The lowest BCUT2D eigenvalue weighted by atomic mass is 10.1. The standard InChI is InChI=1S/C12H15FN2O3S/c1-17-4-5-18-7-11(16)15-10-3-2-8(13)6-9(10)12(14)19/h2-3,6H,4-5,7H2,1H3,(H2,14,19)(H,15,16). The fourth-order valence-electron chi connectivity index (χ4n) is 1.32. The number of hydrogen-bond donors (Lipinski definition) is 2. The molecule has 1 rings (SSSR count). The maximum Gasteiger partial charge on any atom is 0.250 e. The molecule has 0 fully saturated rings. The average Bonchev–Trinajstić information content (AvgIpc) is 2.36. The van der Waals surface area contributed by atoms with Crippen LogP contribution in [0.15, 0.2) is 18.2 Å². The third kappa shape index (κ3) is 5.29. The summed E-state index contributed by atoms with van der Waals surface area (Å²) in [4.78, 5) is 11.6. The van der Waals surface area contributed by atoms with Crippen molar-refractivity contribution < 1.29 is 18.7 Å². The monoisotopic (exact) mass is 286 g/mol. The van der Waals surface area contributed by atoms with Crippen LogP contribution in [0.1, 0.15) is 5.56 Å². The molecule has 3 N–H and O–H groups in total. The summed E-state index contributed by atoms with van der Waals surface area (Å²) in [7, 11) is 1.54. The minimum Gasteiger partial charge on any atom is -0.389 e. The van der Waals surface area contributed by atoms with Gasteiger partial charge in [-0.15, -0.1) is 0 Å². The lowest BCUT2D eigenvalue weighted by molar-refractivity contribution is -0.121. The molecule has 1 aromatic rings. The Morgan fingerprint density at radius 3 is 2.84 bits per heavy atom. The molecular weight excluding hydrogens is 271 g/mol. The Morgan fingerprint density at radius 1 is 1.47 bits per heavy atom. The second-order valence-corrected chi connectivity index (χ2v) is 4.09. The van der Waals surface area contributed by atoms with E-state index in [1.807, 2.05) is 0 Å². The van der Waals surface area contributed by atoms with Crippen LogP contribution in [0, 0.1) is 5.82 Å². The predicted octanol–water partition coefficient (Wildman–Crippen LogP) is 1.06. The number of nitrogens with one attached hydrogen (secondary N) is 1. The molecule has 19 heavy (non-hydrogen) atoms. The van der Waals surface area contributed by atoms with E-state index in [1.54, 1.807) is 0 Å². The van der Waals surface area contributed by atoms with E-state index in [-0.39, 0.29) is 23.1 Å². The summed E-state index contributed by atoms with van der Waals surface area (Å²) >= 11 is 4.80. The second-order valence-electron chi connectivity index (χ2n) is 3.65. The van der Waals surface area contributed by atoms with Gasteiger partial charge in [0.15, 0.2) is 0 Å². The minimum absolute atomic E-state index is 0.00935. The molecule has 0 aliphatic carbocycles. The van der Waals surface area contributed by atoms with Crippen molar-refractivity contribution in [1.29, 1.82) is 0 Å². The van der Waals surface area contributed by atoms with Crippen molar-refractivity contribution in [3.8, 4) is 0 Å². The molecule has 5 nitrogen and oxygen atoms in total. The Kier molecular flexibility index (Phi) is 6.34. The number of thiocarbonyl (C=S) groups is 1. The Labute approximate surface area is 115 Å². The van der Waals surface area contributed by atoms with Gasteiger partial charge < -0.3 is 20.5 Å². The summed E-state index contributed by atoms with van der Waals surface area (Å²) in [5, 5.41) is 2.56. The minimum atomic E-state index is -0.475. The fraction of sp³-hybridized carbons (Fsp3) is 0.333. The molecule has 0 spiro atoms. The number of rotatable bonds is 7. The lowest BCUT2D eigenvalue weighted by Crippen LogP contribution is -2.22. The van der Waals surface area contributed by atoms with Gasteiger partial charge in [0.05, 0.1) is 18.9 Å². The molecule has 7 heteroatoms. The molecule has 0 unspecified atom stereocenters. The van der Waals surface area contributed by atoms with Gasteiger partial charge >= 0.3 is 0 Å². The fourth-order valence-corrected chi connectivity index (χ4v) is 1.49. The number of carbonyl (C=O) groups excluding carboxylic acids is 1. The SMILES string of the molecule is COCCOCC(=O)Nc1ccc(F)cc1C(N)=S. The number of ether oxygens (including phenoxy) is 2. The van der Waals surface area contributed by atoms with Gasteiger partial charge in [-0.3, -0.25) is 4.79 Å². The first-order chi connectivity index (χ1) is 9.04. The Morgan fingerprint density at radius 2 is 2.21 bits per heavy atom. The number of carbonyl (C=O) groups is 1. The Balaban J connectivity index is 2.61. The Hall–Kier alpha value is -1.57. The summed E-state index contributed by atoms with van der Waals surface area (Å²) in [6.45, 7) is 0.592. The van der Waals surface area contributed by atoms with Crippen LogP contribution in [0.3, 0.4) is 0 Å². The predicted molar refractivity (Wildman–Crippen MR) is 73.6 cm³/mol. The zero-order valence-electron chi connectivity index (χ0n) is 10.4. The highest BCUT2D eigenvalue weighted by atomic mass is 32.1. The highest BCUT2D eigenvalue weighted by Crippen LogP contribution is 2.16. The van der Waals surface area contributed by atoms with E-state index in [0.717, 1.165) is 0 Å². The van der Waals surface area contributed by atoms with Crippen molar-refractivity contribution in [2.75, 3.05) is 32.2 Å². The van der Waals surface area contributed by atoms with Gasteiger partial charge in [-0.2, -0.15) is 0 Å². The molecule has 1 amide bonds. The van der Waals surface area contributed by atoms with E-state index < -0.39 is 5.82 Å². The van der Waals surface area contributed by atoms with E-state index >= 15 is 0 Å². The highest BCUT2D eigenvalue weighted by molar-refractivity contribution is 7.80. The molecule has 104 valence electrons. The van der Waals surface area contributed by atoms with Crippen molar-refractivity contribution in [3.63, 3.8) is 0 Å². The zero-order valence-corrected chi connectivity index (χ0v) is 11.3. The first kappa shape index (κ1) is 15.5. The summed E-state index contributed by atoms with van der Waals surface area (Å²) in [6, 6.07) is 3.78. The van der Waals surface area contributed by atoms with E-state index in [2.05, 4.69) is 5.32 Å². The first-order valence-corrected chi connectivity index (χ1v) is 5.91. The molecule has 0 aromatic heterocycles. The van der Waals surface area contributed by atoms with Gasteiger partial charge in [0.2, 0.25) is 5.91 Å². The number of hydrogen-bond acceptors (Lipinski definition) is 4. The van der Waals surface area contributed by atoms with Gasteiger partial charge in [-0.05, 0) is 18.2 Å². The van der Waals surface area contributed by atoms with E-state index in [0.29, 0.717) is 18.9 Å². The molecular formula is C12H15FN2O3S. The van der Waals surface area contributed by atoms with Crippen LogP contribution in [0.4, 0.5) is 10.1 Å². The number of anilines is 1. The van der Waals surface area contributed by atoms with Gasteiger partial charge in [0.25, 0.3) is 0 Å². The largest absolute Gasteiger partial charge is 0.389 e. The summed E-state index contributed by atoms with van der Waals surface area (Å²) < 4.78 is 22.9. The van der Waals surface area contributed by atoms with Crippen LogP contribution in [0.2, 0.25) is 0 Å². The molecule has 0 saturated heterocycles. The topological polar surface area (TPSA) is 73.6 Å². The summed E-state index contributed by atoms with van der Waals surface area (Å²) in [5.41, 5.74) is 6.10. The molecule has 0 aliphatic heterocycles. The van der Waals surface area contributed by atoms with Gasteiger partial charge in [0.1, 0.15) is 17.4 Å². The quantitative estimate of drug-likeness (QED) is 0.579. The van der Waals surface area contributed by atoms with Crippen molar-refractivity contribution in [3.05, 3.63) is 29.6 Å². The maximum atomic E-state index is 13.1. The van der Waals surface area contributed by atoms with Gasteiger partial charge in [-0.1, -0.05) is 12.2 Å². The van der Waals surface area contributed by atoms with Crippen LogP contribution < -0.4 is 11.1 Å². The van der Waals surface area contributed by atoms with Crippen molar-refractivity contribution >= 4 is 28.8 Å². The lowest BCUT2D eigenvalue weighted by Gasteiger charge is -2.10. The van der Waals surface area contributed by atoms with E-state index in [1.165, 1.54) is 25.3 Å². The highest BCUT2D eigenvalue weighted by Gasteiger charge is 2.10. The molecule has 1 aromatic carbocycles. The third-order valence-electron chi connectivity index (χ3n) is 2.19. The number of nitrogens with two attached hydrogens (primary N) is 1. The number of methoxy groups -OCH3 is 1. The number of amides is 1. The molecule has 0 atom stereocenters. The summed E-state index contributed by atoms with van der Waals surface area (Å²) in [6.07, 6.45) is 0. The smallest absolute Gasteiger partial charge is 0.250 e. The second kappa shape index (κ2) is 7.78. The van der Waals surface area contributed by atoms with E-state index in [4.69, 9.17) is 27.4 Å². The molecule has 0 heterocycles. The van der Waals surface area contributed by atoms with Crippen molar-refractivity contribution in [2.24, 2.45) is 5.73 Å². The van der Waals surface area contributed by atoms with Crippen LogP contribution in [0.25, 0.3) is 0 Å². The van der Waals surface area contributed by atoms with Crippen molar-refractivity contribution in [2.45, 2.75) is 0 Å². The van der Waals surface area contributed by atoms with Crippen molar-refractivity contribution in [1.82, 2.24) is 0 Å². The first-order valence-electron chi connectivity index (χ1n) is 5.50. The maximum absolute atomic E-state index is 13.1. The number of halogens is 1. The molecule has 0 bridgehead atoms. The van der Waals surface area contributed by atoms with Crippen LogP contribution >= 0.6 is 12.2 Å². The molecule has 0 saturated carbocycles. The Bertz CT molecular complexity index is 468. The third-order valence-corrected chi connectivity index (χ3v) is 2.41. The van der Waals surface area contributed by atoms with Crippen LogP contribution in [0.5, 0.6) is 0 Å². The molecule has 0 aliphatic rings. The normalized spacial score (nSPS) is 10.2. The number of benzene rings is 1. The van der Waals surface area contributed by atoms with E-state index in [9.17, 15) is 9.18 Å². The molecule has 0 radical (unpaired) electrons. The van der Waals surface area contributed by atoms with Gasteiger partial charge in [0, 0.05) is 12.7 Å². The summed E-state index contributed by atoms with van der Waals surface area (Å²) in [5.74, 6) is -0.850.